The van der Waals surface area contributed by atoms with Gasteiger partial charge in [-0.1, -0.05) is 54.6 Å². The molecule has 0 bridgehead atoms. The second-order valence-corrected chi connectivity index (χ2v) is 10.4. The van der Waals surface area contributed by atoms with Gasteiger partial charge in [0.2, 0.25) is 0 Å². The molecule has 192 valence electrons. The number of nitrogens with zero attached hydrogens (tertiary/aromatic N) is 2. The van der Waals surface area contributed by atoms with Gasteiger partial charge >= 0.3 is 12.1 Å². The Kier molecular flexibility index (Phi) is 7.58. The highest BCUT2D eigenvalue weighted by atomic mass is 79.9. The first-order valence-electron chi connectivity index (χ1n) is 12.5. The van der Waals surface area contributed by atoms with E-state index in [-0.39, 0.29) is 18.6 Å². The van der Waals surface area contributed by atoms with Gasteiger partial charge in [0.15, 0.2) is 0 Å². The number of carboxylic acid groups (broad SMARTS) is 1. The topological polar surface area (TPSA) is 89.0 Å². The lowest BCUT2D eigenvalue weighted by molar-refractivity contribution is -0.152. The van der Waals surface area contributed by atoms with Gasteiger partial charge < -0.3 is 19.5 Å². The highest BCUT2D eigenvalue weighted by Gasteiger charge is 2.36. The van der Waals surface area contributed by atoms with Gasteiger partial charge in [0.05, 0.1) is 5.60 Å². The number of aromatic nitrogens is 1. The monoisotopic (exact) mass is 564 g/mol. The molecule has 0 radical (unpaired) electrons. The van der Waals surface area contributed by atoms with Crippen LogP contribution in [0.3, 0.4) is 0 Å². The van der Waals surface area contributed by atoms with Crippen molar-refractivity contribution < 1.29 is 24.2 Å². The molecule has 2 heterocycles. The summed E-state index contributed by atoms with van der Waals surface area (Å²) in [5.41, 5.74) is 4.88. The van der Waals surface area contributed by atoms with E-state index < -0.39 is 11.6 Å². The van der Waals surface area contributed by atoms with Crippen molar-refractivity contribution in [2.75, 3.05) is 26.3 Å². The van der Waals surface area contributed by atoms with E-state index >= 15 is 0 Å². The number of hydrogen-bond acceptors (Lipinski definition) is 5. The average Bonchev–Trinajstić information content (AvgIpc) is 3.21. The molecule has 5 rings (SSSR count). The van der Waals surface area contributed by atoms with Gasteiger partial charge in [0, 0.05) is 30.8 Å². The molecule has 2 aromatic carbocycles. The number of carboxylic acids is 1. The zero-order chi connectivity index (χ0) is 25.8. The fraction of sp³-hybridized carbons (Fsp3) is 0.345. The van der Waals surface area contributed by atoms with Crippen molar-refractivity contribution in [2.45, 2.75) is 37.2 Å². The number of hydrogen-bond donors (Lipinski definition) is 1. The summed E-state index contributed by atoms with van der Waals surface area (Å²) >= 11 is 3.35. The summed E-state index contributed by atoms with van der Waals surface area (Å²) in [5.74, 6) is -0.986. The fourth-order valence-corrected chi connectivity index (χ4v) is 5.81. The van der Waals surface area contributed by atoms with Crippen molar-refractivity contribution in [3.63, 3.8) is 0 Å². The molecule has 3 aromatic rings. The summed E-state index contributed by atoms with van der Waals surface area (Å²) in [6, 6.07) is 20.3. The van der Waals surface area contributed by atoms with E-state index in [1.54, 1.807) is 11.1 Å². The first kappa shape index (κ1) is 25.4. The Morgan fingerprint density at radius 1 is 0.973 bits per heavy atom. The van der Waals surface area contributed by atoms with Crippen LogP contribution in [0.25, 0.3) is 11.1 Å². The molecule has 7 nitrogen and oxygen atoms in total. The van der Waals surface area contributed by atoms with Gasteiger partial charge in [-0.2, -0.15) is 0 Å². The summed E-state index contributed by atoms with van der Waals surface area (Å²) in [7, 11) is 0. The minimum atomic E-state index is -1.01. The molecule has 1 fully saturated rings. The molecule has 0 unspecified atom stereocenters. The molecule has 0 spiro atoms. The van der Waals surface area contributed by atoms with Crippen molar-refractivity contribution in [1.29, 1.82) is 0 Å². The molecular weight excluding hydrogens is 536 g/mol. The predicted octanol–water partition coefficient (Wildman–Crippen LogP) is 5.97. The maximum absolute atomic E-state index is 13.1. The third-order valence-electron chi connectivity index (χ3n) is 7.34. The number of fused-ring (bicyclic) bond motifs is 3. The number of rotatable bonds is 6. The number of halogens is 1. The molecule has 37 heavy (non-hydrogen) atoms. The molecule has 1 aliphatic heterocycles. The summed E-state index contributed by atoms with van der Waals surface area (Å²) < 4.78 is 12.6. The highest BCUT2D eigenvalue weighted by Crippen LogP contribution is 2.44. The number of pyridine rings is 1. The summed E-state index contributed by atoms with van der Waals surface area (Å²) in [4.78, 5) is 30.5. The standard InChI is InChI=1S/C29H29BrN2O5/c30-26-12-11-20(17-31-26)29(37-19-27(33)34)13-5-15-32(16-6-14-29)28(35)36-18-25-23-9-3-1-7-21(23)22-8-2-4-10-24(22)25/h1-4,7-12,17,25H,5-6,13-16,18-19H2,(H,33,34). The van der Waals surface area contributed by atoms with Crippen molar-refractivity contribution in [2.24, 2.45) is 0 Å². The Labute approximate surface area is 224 Å². The molecule has 1 saturated heterocycles. The predicted molar refractivity (Wildman–Crippen MR) is 142 cm³/mol. The second kappa shape index (κ2) is 11.0. The summed E-state index contributed by atoms with van der Waals surface area (Å²) in [6.45, 7) is 0.934. The lowest BCUT2D eigenvalue weighted by atomic mass is 9.84. The SMILES string of the molecule is O=C(O)COC1(c2ccc(Br)nc2)CCCN(C(=O)OCC2c3ccccc3-c3ccccc32)CCC1. The molecule has 1 N–H and O–H groups in total. The minimum Gasteiger partial charge on any atom is -0.480 e. The van der Waals surface area contributed by atoms with Crippen LogP contribution >= 0.6 is 15.9 Å². The Balaban J connectivity index is 1.24. The van der Waals surface area contributed by atoms with Crippen LogP contribution in [0.15, 0.2) is 71.5 Å². The molecule has 2 aliphatic rings. The van der Waals surface area contributed by atoms with Crippen LogP contribution in [0.1, 0.15) is 48.3 Å². The number of amides is 1. The number of carbonyl (C=O) groups excluding carboxylic acids is 1. The van der Waals surface area contributed by atoms with E-state index in [4.69, 9.17) is 9.47 Å². The van der Waals surface area contributed by atoms with Crippen LogP contribution in [-0.2, 0) is 19.9 Å². The smallest absolute Gasteiger partial charge is 0.409 e. The first-order chi connectivity index (χ1) is 18.0. The largest absolute Gasteiger partial charge is 0.480 e. The average molecular weight is 565 g/mol. The Morgan fingerprint density at radius 2 is 1.59 bits per heavy atom. The molecule has 1 amide bonds. The van der Waals surface area contributed by atoms with E-state index in [1.165, 1.54) is 22.3 Å². The van der Waals surface area contributed by atoms with E-state index in [1.807, 2.05) is 36.4 Å². The first-order valence-corrected chi connectivity index (χ1v) is 13.3. The third-order valence-corrected chi connectivity index (χ3v) is 7.81. The molecule has 1 aromatic heterocycles. The van der Waals surface area contributed by atoms with Gasteiger partial charge in [-0.05, 0) is 69.9 Å². The Bertz CT molecular complexity index is 1220. The van der Waals surface area contributed by atoms with Crippen LogP contribution in [0.2, 0.25) is 0 Å². The second-order valence-electron chi connectivity index (χ2n) is 9.54. The van der Waals surface area contributed by atoms with Gasteiger partial charge in [0.25, 0.3) is 0 Å². The minimum absolute atomic E-state index is 0.0214. The van der Waals surface area contributed by atoms with Crippen molar-refractivity contribution in [1.82, 2.24) is 9.88 Å². The summed E-state index contributed by atoms with van der Waals surface area (Å²) in [5, 5.41) is 9.24. The third kappa shape index (κ3) is 5.40. The van der Waals surface area contributed by atoms with Gasteiger partial charge in [0.1, 0.15) is 17.8 Å². The van der Waals surface area contributed by atoms with Crippen LogP contribution in [0, 0.1) is 0 Å². The molecule has 0 atom stereocenters. The fourth-order valence-electron chi connectivity index (χ4n) is 5.58. The zero-order valence-corrected chi connectivity index (χ0v) is 22.0. The number of likely N-dealkylation sites (tertiary alicyclic amines) is 1. The van der Waals surface area contributed by atoms with Gasteiger partial charge in [-0.25, -0.2) is 14.6 Å². The number of ether oxygens (including phenoxy) is 2. The van der Waals surface area contributed by atoms with E-state index in [0.717, 1.165) is 5.56 Å². The van der Waals surface area contributed by atoms with Crippen LogP contribution in [-0.4, -0.2) is 53.4 Å². The number of aliphatic carboxylic acids is 1. The lowest BCUT2D eigenvalue weighted by Gasteiger charge is -2.37. The van der Waals surface area contributed by atoms with E-state index in [9.17, 15) is 14.7 Å². The molecular formula is C29H29BrN2O5. The van der Waals surface area contributed by atoms with Gasteiger partial charge in [-0.15, -0.1) is 0 Å². The maximum atomic E-state index is 13.1. The zero-order valence-electron chi connectivity index (χ0n) is 20.4. The summed E-state index contributed by atoms with van der Waals surface area (Å²) in [6.07, 6.45) is 3.88. The normalized spacial score (nSPS) is 16.8. The molecule has 1 aliphatic carbocycles. The quantitative estimate of drug-likeness (QED) is 0.371. The van der Waals surface area contributed by atoms with Crippen LogP contribution < -0.4 is 0 Å². The van der Waals surface area contributed by atoms with E-state index in [2.05, 4.69) is 45.2 Å². The number of carbonyl (C=O) groups is 2. The van der Waals surface area contributed by atoms with Crippen molar-refractivity contribution >= 4 is 28.0 Å². The van der Waals surface area contributed by atoms with Crippen LogP contribution in [0.4, 0.5) is 4.79 Å². The molecule has 0 saturated carbocycles. The Hall–Kier alpha value is -3.23. The highest BCUT2D eigenvalue weighted by molar-refractivity contribution is 9.10. The van der Waals surface area contributed by atoms with Crippen molar-refractivity contribution in [3.8, 4) is 11.1 Å². The number of benzene rings is 2. The maximum Gasteiger partial charge on any atom is 0.409 e. The van der Waals surface area contributed by atoms with Gasteiger partial charge in [-0.3, -0.25) is 0 Å². The lowest BCUT2D eigenvalue weighted by Crippen LogP contribution is -2.40. The molecule has 8 heteroatoms. The Morgan fingerprint density at radius 3 is 2.16 bits per heavy atom. The van der Waals surface area contributed by atoms with Crippen LogP contribution in [0.5, 0.6) is 0 Å². The van der Waals surface area contributed by atoms with Crippen molar-refractivity contribution in [3.05, 3.63) is 88.2 Å². The van der Waals surface area contributed by atoms with E-state index in [0.29, 0.717) is 50.0 Å².